The number of piperidine rings is 1. The van der Waals surface area contributed by atoms with E-state index in [0.717, 1.165) is 38.9 Å². The minimum Gasteiger partial charge on any atom is -0.344 e. The molecule has 1 fully saturated rings. The second kappa shape index (κ2) is 7.78. The molecule has 122 valence electrons. The lowest BCUT2D eigenvalue weighted by Crippen LogP contribution is -2.54. The predicted octanol–water partition coefficient (Wildman–Crippen LogP) is 1.53. The summed E-state index contributed by atoms with van der Waals surface area (Å²) in [4.78, 5) is 26.7. The topological polar surface area (TPSA) is 61.4 Å². The number of nitrogens with zero attached hydrogens (tertiary/aromatic N) is 1. The predicted molar refractivity (Wildman–Crippen MR) is 85.0 cm³/mol. The van der Waals surface area contributed by atoms with Crippen molar-refractivity contribution in [2.24, 2.45) is 5.41 Å². The molecule has 0 aromatic carbocycles. The molecule has 5 nitrogen and oxygen atoms in total. The Labute approximate surface area is 128 Å². The highest BCUT2D eigenvalue weighted by Gasteiger charge is 2.30. The quantitative estimate of drug-likeness (QED) is 0.809. The molecule has 1 atom stereocenters. The fourth-order valence-electron chi connectivity index (χ4n) is 2.56. The van der Waals surface area contributed by atoms with Crippen LogP contribution in [-0.4, -0.2) is 48.4 Å². The van der Waals surface area contributed by atoms with Crippen molar-refractivity contribution in [3.63, 3.8) is 0 Å². The zero-order valence-corrected chi connectivity index (χ0v) is 14.2. The standard InChI is InChI=1S/C16H31N3O2/c1-6-11-19(13-7-9-17-10-8-13)14(20)12(2)18-15(21)16(3,4)5/h12-13,17H,6-11H2,1-5H3,(H,18,21). The molecule has 1 saturated heterocycles. The number of hydrogen-bond donors (Lipinski definition) is 2. The van der Waals surface area contributed by atoms with Crippen molar-refractivity contribution in [3.05, 3.63) is 0 Å². The highest BCUT2D eigenvalue weighted by molar-refractivity contribution is 5.89. The van der Waals surface area contributed by atoms with E-state index in [1.54, 1.807) is 6.92 Å². The number of amides is 2. The maximum absolute atomic E-state index is 12.7. The van der Waals surface area contributed by atoms with E-state index in [1.165, 1.54) is 0 Å². The van der Waals surface area contributed by atoms with E-state index in [-0.39, 0.29) is 11.8 Å². The van der Waals surface area contributed by atoms with Crippen LogP contribution in [-0.2, 0) is 9.59 Å². The molecule has 0 aromatic heterocycles. The van der Waals surface area contributed by atoms with Crippen molar-refractivity contribution in [2.75, 3.05) is 19.6 Å². The fourth-order valence-corrected chi connectivity index (χ4v) is 2.56. The van der Waals surface area contributed by atoms with Crippen molar-refractivity contribution >= 4 is 11.8 Å². The summed E-state index contributed by atoms with van der Waals surface area (Å²) in [6, 6.07) is -0.161. The maximum Gasteiger partial charge on any atom is 0.245 e. The Bertz CT molecular complexity index is 357. The molecule has 2 N–H and O–H groups in total. The van der Waals surface area contributed by atoms with Crippen LogP contribution in [0.4, 0.5) is 0 Å². The minimum absolute atomic E-state index is 0.0429. The molecule has 1 aliphatic heterocycles. The third-order valence-electron chi connectivity index (χ3n) is 3.90. The summed E-state index contributed by atoms with van der Waals surface area (Å²) >= 11 is 0. The highest BCUT2D eigenvalue weighted by atomic mass is 16.2. The second-order valence-electron chi connectivity index (χ2n) is 6.96. The summed E-state index contributed by atoms with van der Waals surface area (Å²) in [5.41, 5.74) is -0.473. The fraction of sp³-hybridized carbons (Fsp3) is 0.875. The van der Waals surface area contributed by atoms with Gasteiger partial charge >= 0.3 is 0 Å². The van der Waals surface area contributed by atoms with Gasteiger partial charge in [-0.1, -0.05) is 27.7 Å². The van der Waals surface area contributed by atoms with Crippen LogP contribution in [0.3, 0.4) is 0 Å². The van der Waals surface area contributed by atoms with Gasteiger partial charge < -0.3 is 15.5 Å². The number of carbonyl (C=O) groups excluding carboxylic acids is 2. The van der Waals surface area contributed by atoms with Crippen LogP contribution in [0.1, 0.15) is 53.9 Å². The first-order valence-electron chi connectivity index (χ1n) is 8.09. The molecule has 2 amide bonds. The van der Waals surface area contributed by atoms with E-state index in [0.29, 0.717) is 6.04 Å². The average Bonchev–Trinajstić information content (AvgIpc) is 2.43. The summed E-state index contributed by atoms with van der Waals surface area (Å²) < 4.78 is 0. The van der Waals surface area contributed by atoms with Gasteiger partial charge in [0.1, 0.15) is 6.04 Å². The third kappa shape index (κ3) is 5.30. The molecular weight excluding hydrogens is 266 g/mol. The first-order chi connectivity index (χ1) is 9.77. The number of nitrogens with one attached hydrogen (secondary N) is 2. The van der Waals surface area contributed by atoms with Crippen molar-refractivity contribution in [1.82, 2.24) is 15.5 Å². The molecule has 1 unspecified atom stereocenters. The van der Waals surface area contributed by atoms with Crippen LogP contribution in [0.2, 0.25) is 0 Å². The normalized spacial score (nSPS) is 18.1. The SMILES string of the molecule is CCCN(C(=O)C(C)NC(=O)C(C)(C)C)C1CCNCC1. The first-order valence-corrected chi connectivity index (χ1v) is 8.09. The minimum atomic E-state index is -0.473. The van der Waals surface area contributed by atoms with Gasteiger partial charge in [-0.05, 0) is 39.3 Å². The summed E-state index contributed by atoms with van der Waals surface area (Å²) in [6.07, 6.45) is 2.92. The second-order valence-corrected chi connectivity index (χ2v) is 6.96. The van der Waals surface area contributed by atoms with Crippen LogP contribution in [0, 0.1) is 5.41 Å². The van der Waals surface area contributed by atoms with Crippen molar-refractivity contribution in [1.29, 1.82) is 0 Å². The Balaban J connectivity index is 2.68. The van der Waals surface area contributed by atoms with Crippen molar-refractivity contribution < 1.29 is 9.59 Å². The lowest BCUT2D eigenvalue weighted by atomic mass is 9.95. The smallest absolute Gasteiger partial charge is 0.245 e. The lowest BCUT2D eigenvalue weighted by Gasteiger charge is -2.36. The van der Waals surface area contributed by atoms with Gasteiger partial charge in [-0.15, -0.1) is 0 Å². The van der Waals surface area contributed by atoms with E-state index in [1.807, 2.05) is 25.7 Å². The van der Waals surface area contributed by atoms with E-state index >= 15 is 0 Å². The number of hydrogen-bond acceptors (Lipinski definition) is 3. The highest BCUT2D eigenvalue weighted by Crippen LogP contribution is 2.16. The maximum atomic E-state index is 12.7. The van der Waals surface area contributed by atoms with Gasteiger partial charge in [0, 0.05) is 18.0 Å². The zero-order chi connectivity index (χ0) is 16.0. The lowest BCUT2D eigenvalue weighted by molar-refractivity contribution is -0.140. The first kappa shape index (κ1) is 18.0. The van der Waals surface area contributed by atoms with Gasteiger partial charge in [-0.3, -0.25) is 9.59 Å². The monoisotopic (exact) mass is 297 g/mol. The number of carbonyl (C=O) groups is 2. The van der Waals surface area contributed by atoms with Gasteiger partial charge in [0.05, 0.1) is 0 Å². The van der Waals surface area contributed by atoms with Crippen LogP contribution in [0.5, 0.6) is 0 Å². The molecule has 0 aromatic rings. The molecular formula is C16H31N3O2. The van der Waals surface area contributed by atoms with E-state index in [4.69, 9.17) is 0 Å². The largest absolute Gasteiger partial charge is 0.344 e. The van der Waals surface area contributed by atoms with Crippen LogP contribution in [0.15, 0.2) is 0 Å². The Morgan fingerprint density at radius 3 is 2.33 bits per heavy atom. The van der Waals surface area contributed by atoms with Gasteiger partial charge in [-0.2, -0.15) is 0 Å². The van der Waals surface area contributed by atoms with E-state index in [2.05, 4.69) is 17.6 Å². The molecule has 1 aliphatic rings. The Kier molecular flexibility index (Phi) is 6.65. The van der Waals surface area contributed by atoms with Gasteiger partial charge in [0.25, 0.3) is 0 Å². The zero-order valence-electron chi connectivity index (χ0n) is 14.2. The molecule has 0 radical (unpaired) electrons. The van der Waals surface area contributed by atoms with Crippen LogP contribution >= 0.6 is 0 Å². The van der Waals surface area contributed by atoms with E-state index < -0.39 is 11.5 Å². The van der Waals surface area contributed by atoms with Gasteiger partial charge in [0.2, 0.25) is 11.8 Å². The summed E-state index contributed by atoms with van der Waals surface area (Å²) in [5.74, 6) is -0.0357. The Hall–Kier alpha value is -1.10. The molecule has 21 heavy (non-hydrogen) atoms. The van der Waals surface area contributed by atoms with Crippen molar-refractivity contribution in [3.8, 4) is 0 Å². The molecule has 0 saturated carbocycles. The van der Waals surface area contributed by atoms with Gasteiger partial charge in [-0.25, -0.2) is 0 Å². The van der Waals surface area contributed by atoms with E-state index in [9.17, 15) is 9.59 Å². The van der Waals surface area contributed by atoms with Crippen molar-refractivity contribution in [2.45, 2.75) is 66.0 Å². The summed E-state index contributed by atoms with van der Waals surface area (Å²) in [7, 11) is 0. The average molecular weight is 297 g/mol. The van der Waals surface area contributed by atoms with Crippen LogP contribution in [0.25, 0.3) is 0 Å². The summed E-state index contributed by atoms with van der Waals surface area (Å²) in [6.45, 7) is 12.1. The molecule has 0 spiro atoms. The molecule has 0 bridgehead atoms. The number of rotatable bonds is 5. The molecule has 1 rings (SSSR count). The Morgan fingerprint density at radius 2 is 1.86 bits per heavy atom. The van der Waals surface area contributed by atoms with Crippen LogP contribution < -0.4 is 10.6 Å². The third-order valence-corrected chi connectivity index (χ3v) is 3.90. The summed E-state index contributed by atoms with van der Waals surface area (Å²) in [5, 5.41) is 6.18. The molecule has 0 aliphatic carbocycles. The Morgan fingerprint density at radius 1 is 1.29 bits per heavy atom. The molecule has 1 heterocycles. The van der Waals surface area contributed by atoms with Gasteiger partial charge in [0.15, 0.2) is 0 Å². The molecule has 5 heteroatoms.